The number of hydrogen-bond acceptors (Lipinski definition) is 4. The molecule has 2 aliphatic rings. The fourth-order valence-electron chi connectivity index (χ4n) is 2.76. The maximum atomic E-state index is 9.66. The first kappa shape index (κ1) is 17.4. The molecule has 0 unspecified atom stereocenters. The van der Waals surface area contributed by atoms with Gasteiger partial charge in [0, 0.05) is 23.2 Å². The Morgan fingerprint density at radius 2 is 1.73 bits per heavy atom. The van der Waals surface area contributed by atoms with E-state index in [1.54, 1.807) is 0 Å². The van der Waals surface area contributed by atoms with Crippen molar-refractivity contribution in [2.24, 2.45) is 0 Å². The van der Waals surface area contributed by atoms with Crippen molar-refractivity contribution in [1.29, 1.82) is 5.26 Å². The number of nitrogens with zero attached hydrogens (tertiary/aromatic N) is 1. The summed E-state index contributed by atoms with van der Waals surface area (Å²) in [5.74, 6) is 0. The Labute approximate surface area is 140 Å². The summed E-state index contributed by atoms with van der Waals surface area (Å²) in [6.45, 7) is 6.49. The Kier molecular flexibility index (Phi) is 6.39. The standard InChI is InChI=1S/C15H16BrNO3.C2H6/c16-13-8-11(14-19-5-6-20-14)7-12(9-13)15(10-17)1-3-18-4-2-15;1-2/h7-9,14H,1-6H2;1-2H3. The van der Waals surface area contributed by atoms with E-state index in [9.17, 15) is 5.26 Å². The van der Waals surface area contributed by atoms with Crippen molar-refractivity contribution in [3.05, 3.63) is 33.8 Å². The first-order chi connectivity index (χ1) is 10.7. The van der Waals surface area contributed by atoms with Crippen LogP contribution in [0.5, 0.6) is 0 Å². The van der Waals surface area contributed by atoms with Crippen molar-refractivity contribution in [3.8, 4) is 6.07 Å². The maximum Gasteiger partial charge on any atom is 0.184 e. The van der Waals surface area contributed by atoms with Gasteiger partial charge in [-0.15, -0.1) is 0 Å². The van der Waals surface area contributed by atoms with E-state index in [0.29, 0.717) is 26.4 Å². The van der Waals surface area contributed by atoms with Crippen molar-refractivity contribution in [2.45, 2.75) is 38.4 Å². The summed E-state index contributed by atoms with van der Waals surface area (Å²) in [5, 5.41) is 9.66. The van der Waals surface area contributed by atoms with Crippen LogP contribution < -0.4 is 0 Å². The maximum absolute atomic E-state index is 9.66. The van der Waals surface area contributed by atoms with Gasteiger partial charge in [-0.2, -0.15) is 5.26 Å². The molecule has 0 aliphatic carbocycles. The Bertz CT molecular complexity index is 529. The van der Waals surface area contributed by atoms with Crippen molar-refractivity contribution in [1.82, 2.24) is 0 Å². The number of halogens is 1. The lowest BCUT2D eigenvalue weighted by molar-refractivity contribution is -0.0442. The molecule has 0 aromatic heterocycles. The van der Waals surface area contributed by atoms with Gasteiger partial charge in [0.15, 0.2) is 6.29 Å². The molecule has 2 aliphatic heterocycles. The minimum absolute atomic E-state index is 0.318. The highest BCUT2D eigenvalue weighted by Gasteiger charge is 2.35. The molecule has 1 aromatic rings. The number of nitriles is 1. The Morgan fingerprint density at radius 1 is 1.09 bits per heavy atom. The van der Waals surface area contributed by atoms with Crippen LogP contribution in [0.25, 0.3) is 0 Å². The van der Waals surface area contributed by atoms with Gasteiger partial charge in [-0.3, -0.25) is 0 Å². The van der Waals surface area contributed by atoms with Crippen molar-refractivity contribution < 1.29 is 14.2 Å². The van der Waals surface area contributed by atoms with Gasteiger partial charge in [0.1, 0.15) is 0 Å². The summed E-state index contributed by atoms with van der Waals surface area (Å²) >= 11 is 3.53. The highest BCUT2D eigenvalue weighted by atomic mass is 79.9. The first-order valence-electron chi connectivity index (χ1n) is 7.77. The lowest BCUT2D eigenvalue weighted by atomic mass is 9.75. The normalized spacial score (nSPS) is 20.8. The van der Waals surface area contributed by atoms with Gasteiger partial charge in [-0.05, 0) is 36.6 Å². The molecule has 0 amide bonds. The molecular weight excluding hydrogens is 346 g/mol. The van der Waals surface area contributed by atoms with Crippen LogP contribution in [0.1, 0.15) is 44.1 Å². The molecule has 0 saturated carbocycles. The number of hydrogen-bond donors (Lipinski definition) is 0. The van der Waals surface area contributed by atoms with E-state index in [-0.39, 0.29) is 6.29 Å². The van der Waals surface area contributed by atoms with E-state index in [1.807, 2.05) is 32.0 Å². The summed E-state index contributed by atoms with van der Waals surface area (Å²) in [6, 6.07) is 8.54. The average Bonchev–Trinajstić information content (AvgIpc) is 3.11. The van der Waals surface area contributed by atoms with E-state index in [2.05, 4.69) is 22.0 Å². The molecule has 0 N–H and O–H groups in total. The van der Waals surface area contributed by atoms with Gasteiger partial charge >= 0.3 is 0 Å². The second kappa shape index (κ2) is 8.07. The monoisotopic (exact) mass is 367 g/mol. The summed E-state index contributed by atoms with van der Waals surface area (Å²) in [5.41, 5.74) is 1.52. The van der Waals surface area contributed by atoms with Crippen LogP contribution in [0.4, 0.5) is 0 Å². The molecule has 3 rings (SSSR count). The largest absolute Gasteiger partial charge is 0.381 e. The minimum atomic E-state index is -0.463. The zero-order chi connectivity index (χ0) is 16.0. The fraction of sp³-hybridized carbons (Fsp3) is 0.588. The van der Waals surface area contributed by atoms with Gasteiger partial charge in [-0.25, -0.2) is 0 Å². The van der Waals surface area contributed by atoms with E-state index >= 15 is 0 Å². The predicted molar refractivity (Wildman–Crippen MR) is 87.5 cm³/mol. The predicted octanol–water partition coefficient (Wildman–Crippen LogP) is 4.09. The topological polar surface area (TPSA) is 51.5 Å². The summed E-state index contributed by atoms with van der Waals surface area (Å²) < 4.78 is 17.4. The lowest BCUT2D eigenvalue weighted by Gasteiger charge is -2.31. The first-order valence-corrected chi connectivity index (χ1v) is 8.56. The second-order valence-electron chi connectivity index (χ2n) is 5.15. The molecule has 1 aromatic carbocycles. The Morgan fingerprint density at radius 3 is 2.32 bits per heavy atom. The van der Waals surface area contributed by atoms with Crippen LogP contribution >= 0.6 is 15.9 Å². The van der Waals surface area contributed by atoms with Crippen LogP contribution in [0.2, 0.25) is 0 Å². The smallest absolute Gasteiger partial charge is 0.184 e. The van der Waals surface area contributed by atoms with E-state index < -0.39 is 5.41 Å². The lowest BCUT2D eigenvalue weighted by Crippen LogP contribution is -2.32. The molecule has 0 radical (unpaired) electrons. The summed E-state index contributed by atoms with van der Waals surface area (Å²) in [6.07, 6.45) is 1.14. The van der Waals surface area contributed by atoms with Crippen molar-refractivity contribution in [2.75, 3.05) is 26.4 Å². The van der Waals surface area contributed by atoms with Crippen LogP contribution in [-0.2, 0) is 19.6 Å². The van der Waals surface area contributed by atoms with E-state index in [4.69, 9.17) is 14.2 Å². The van der Waals surface area contributed by atoms with Crippen molar-refractivity contribution in [3.63, 3.8) is 0 Å². The molecule has 5 heteroatoms. The highest BCUT2D eigenvalue weighted by molar-refractivity contribution is 9.10. The number of benzene rings is 1. The molecular formula is C17H22BrNO3. The van der Waals surface area contributed by atoms with Crippen LogP contribution in [-0.4, -0.2) is 26.4 Å². The zero-order valence-electron chi connectivity index (χ0n) is 13.1. The van der Waals surface area contributed by atoms with Crippen LogP contribution in [0.3, 0.4) is 0 Å². The highest BCUT2D eigenvalue weighted by Crippen LogP contribution is 2.38. The van der Waals surface area contributed by atoms with Gasteiger partial charge in [0.25, 0.3) is 0 Å². The van der Waals surface area contributed by atoms with E-state index in [0.717, 1.165) is 28.4 Å². The van der Waals surface area contributed by atoms with Crippen LogP contribution in [0, 0.1) is 11.3 Å². The SMILES string of the molecule is CC.N#CC1(c2cc(Br)cc(C3OCCO3)c2)CCOCC1. The third kappa shape index (κ3) is 3.69. The zero-order valence-corrected chi connectivity index (χ0v) is 14.7. The molecule has 0 atom stereocenters. The molecule has 4 nitrogen and oxygen atoms in total. The van der Waals surface area contributed by atoms with Crippen molar-refractivity contribution >= 4 is 15.9 Å². The number of ether oxygens (including phenoxy) is 3. The van der Waals surface area contributed by atoms with Gasteiger partial charge in [0.2, 0.25) is 0 Å². The molecule has 2 fully saturated rings. The van der Waals surface area contributed by atoms with Gasteiger partial charge < -0.3 is 14.2 Å². The summed E-state index contributed by atoms with van der Waals surface area (Å²) in [4.78, 5) is 0. The van der Waals surface area contributed by atoms with Gasteiger partial charge in [-0.1, -0.05) is 29.8 Å². The molecule has 2 heterocycles. The van der Waals surface area contributed by atoms with Crippen LogP contribution in [0.15, 0.2) is 22.7 Å². The second-order valence-corrected chi connectivity index (χ2v) is 6.07. The molecule has 2 saturated heterocycles. The summed E-state index contributed by atoms with van der Waals surface area (Å²) in [7, 11) is 0. The molecule has 120 valence electrons. The molecule has 22 heavy (non-hydrogen) atoms. The molecule has 0 spiro atoms. The fourth-order valence-corrected chi connectivity index (χ4v) is 3.27. The third-order valence-electron chi connectivity index (χ3n) is 3.93. The average molecular weight is 368 g/mol. The van der Waals surface area contributed by atoms with E-state index in [1.165, 1.54) is 0 Å². The van der Waals surface area contributed by atoms with Gasteiger partial charge in [0.05, 0.1) is 24.7 Å². The molecule has 0 bridgehead atoms. The third-order valence-corrected chi connectivity index (χ3v) is 4.38. The minimum Gasteiger partial charge on any atom is -0.381 e. The quantitative estimate of drug-likeness (QED) is 0.789. The Balaban J connectivity index is 0.000000847. The Hall–Kier alpha value is -0.930. The number of rotatable bonds is 2.